The van der Waals surface area contributed by atoms with Crippen molar-refractivity contribution in [2.75, 3.05) is 0 Å². The van der Waals surface area contributed by atoms with Crippen LogP contribution in [0.5, 0.6) is 0 Å². The van der Waals surface area contributed by atoms with Crippen LogP contribution in [0.1, 0.15) is 5.82 Å². The third-order valence-corrected chi connectivity index (χ3v) is 2.38. The summed E-state index contributed by atoms with van der Waals surface area (Å²) in [5, 5.41) is 6.97. The molecule has 0 aliphatic carbocycles. The van der Waals surface area contributed by atoms with Crippen molar-refractivity contribution in [1.29, 1.82) is 0 Å². The summed E-state index contributed by atoms with van der Waals surface area (Å²) in [5.41, 5.74) is 0.719. The highest BCUT2D eigenvalue weighted by molar-refractivity contribution is 5.76. The zero-order valence-corrected chi connectivity index (χ0v) is 8.42. The zero-order valence-electron chi connectivity index (χ0n) is 8.42. The van der Waals surface area contributed by atoms with E-state index in [0.29, 0.717) is 12.4 Å². The van der Waals surface area contributed by atoms with Crippen LogP contribution in [0.4, 0.5) is 0 Å². The second-order valence-electron chi connectivity index (χ2n) is 3.50. The van der Waals surface area contributed by atoms with E-state index in [1.54, 1.807) is 10.9 Å². The van der Waals surface area contributed by atoms with Crippen LogP contribution in [0.25, 0.3) is 11.5 Å². The molecule has 0 unspecified atom stereocenters. The Balaban J connectivity index is 2.02. The van der Waals surface area contributed by atoms with Crippen LogP contribution >= 0.6 is 0 Å². The van der Waals surface area contributed by atoms with Gasteiger partial charge in [-0.05, 0) is 12.1 Å². The van der Waals surface area contributed by atoms with E-state index < -0.39 is 0 Å². The number of pyridine rings is 1. The van der Waals surface area contributed by atoms with Crippen LogP contribution in [-0.2, 0) is 17.9 Å². The van der Waals surface area contributed by atoms with Crippen molar-refractivity contribution in [3.8, 4) is 11.5 Å². The monoisotopic (exact) mass is 215 g/mol. The number of carbonyl (C=O) groups excluding carboxylic acids is 1. The van der Waals surface area contributed by atoms with Crippen molar-refractivity contribution >= 4 is 5.91 Å². The van der Waals surface area contributed by atoms with Gasteiger partial charge in [0.05, 0.1) is 6.54 Å². The second kappa shape index (κ2) is 3.41. The van der Waals surface area contributed by atoms with Crippen LogP contribution in [0.2, 0.25) is 0 Å². The summed E-state index contributed by atoms with van der Waals surface area (Å²) < 4.78 is 1.61. The van der Waals surface area contributed by atoms with Gasteiger partial charge in [0.1, 0.15) is 18.1 Å². The molecular formula is C10H9N5O. The summed E-state index contributed by atoms with van der Waals surface area (Å²) in [5.74, 6) is 1.29. The smallest absolute Gasteiger partial charge is 0.242 e. The summed E-state index contributed by atoms with van der Waals surface area (Å²) in [6.07, 6.45) is 1.69. The molecule has 1 aliphatic rings. The maximum atomic E-state index is 11.2. The van der Waals surface area contributed by atoms with E-state index in [9.17, 15) is 4.79 Å². The molecule has 1 N–H and O–H groups in total. The number of nitrogens with one attached hydrogen (secondary N) is 1. The molecule has 6 heteroatoms. The van der Waals surface area contributed by atoms with Gasteiger partial charge in [0.2, 0.25) is 5.91 Å². The number of amides is 1. The maximum Gasteiger partial charge on any atom is 0.242 e. The van der Waals surface area contributed by atoms with E-state index in [4.69, 9.17) is 0 Å². The number of aromatic nitrogens is 4. The molecule has 3 rings (SSSR count). The molecule has 0 fully saturated rings. The van der Waals surface area contributed by atoms with Gasteiger partial charge in [-0.15, -0.1) is 5.10 Å². The van der Waals surface area contributed by atoms with Crippen LogP contribution in [0.3, 0.4) is 0 Å². The van der Waals surface area contributed by atoms with E-state index in [1.165, 1.54) is 0 Å². The lowest BCUT2D eigenvalue weighted by molar-refractivity contribution is -0.122. The normalized spacial score (nSPS) is 14.4. The predicted molar refractivity (Wildman–Crippen MR) is 55.1 cm³/mol. The molecule has 0 atom stereocenters. The van der Waals surface area contributed by atoms with E-state index >= 15 is 0 Å². The fourth-order valence-electron chi connectivity index (χ4n) is 1.60. The molecule has 1 aliphatic heterocycles. The fraction of sp³-hybridized carbons (Fsp3) is 0.200. The first-order valence-electron chi connectivity index (χ1n) is 4.95. The van der Waals surface area contributed by atoms with Crippen molar-refractivity contribution < 1.29 is 4.79 Å². The highest BCUT2D eigenvalue weighted by atomic mass is 16.2. The minimum absolute atomic E-state index is 0.0371. The first-order valence-corrected chi connectivity index (χ1v) is 4.95. The van der Waals surface area contributed by atoms with Gasteiger partial charge >= 0.3 is 0 Å². The molecule has 6 nitrogen and oxygen atoms in total. The lowest BCUT2D eigenvalue weighted by Gasteiger charge is -2.11. The van der Waals surface area contributed by atoms with E-state index in [0.717, 1.165) is 11.5 Å². The summed E-state index contributed by atoms with van der Waals surface area (Å²) in [6, 6.07) is 5.56. The molecule has 80 valence electrons. The Kier molecular flexibility index (Phi) is 1.92. The van der Waals surface area contributed by atoms with Gasteiger partial charge in [0.25, 0.3) is 0 Å². The van der Waals surface area contributed by atoms with Gasteiger partial charge in [-0.2, -0.15) is 0 Å². The predicted octanol–water partition coefficient (Wildman–Crippen LogP) is -0.0301. The fourth-order valence-corrected chi connectivity index (χ4v) is 1.60. The number of nitrogens with zero attached hydrogens (tertiary/aromatic N) is 4. The van der Waals surface area contributed by atoms with E-state index in [1.807, 2.05) is 18.2 Å². The molecule has 3 heterocycles. The first-order chi connectivity index (χ1) is 7.83. The Morgan fingerprint density at radius 2 is 2.31 bits per heavy atom. The molecule has 16 heavy (non-hydrogen) atoms. The van der Waals surface area contributed by atoms with Gasteiger partial charge < -0.3 is 5.32 Å². The Morgan fingerprint density at radius 1 is 1.38 bits per heavy atom. The summed E-state index contributed by atoms with van der Waals surface area (Å²) in [7, 11) is 0. The lowest BCUT2D eigenvalue weighted by Crippen LogP contribution is -2.34. The Bertz CT molecular complexity index is 533. The van der Waals surface area contributed by atoms with Gasteiger partial charge in [0.15, 0.2) is 5.82 Å². The third-order valence-electron chi connectivity index (χ3n) is 2.38. The van der Waals surface area contributed by atoms with Crippen molar-refractivity contribution in [3.63, 3.8) is 0 Å². The molecule has 0 saturated carbocycles. The van der Waals surface area contributed by atoms with Crippen molar-refractivity contribution in [2.45, 2.75) is 13.1 Å². The first kappa shape index (κ1) is 9.02. The van der Waals surface area contributed by atoms with Gasteiger partial charge in [-0.1, -0.05) is 6.07 Å². The highest BCUT2D eigenvalue weighted by Crippen LogP contribution is 2.13. The van der Waals surface area contributed by atoms with Crippen molar-refractivity contribution in [1.82, 2.24) is 25.1 Å². The van der Waals surface area contributed by atoms with E-state index in [-0.39, 0.29) is 12.5 Å². The molecule has 2 aromatic rings. The van der Waals surface area contributed by atoms with Crippen LogP contribution in [0, 0.1) is 0 Å². The number of hydrogen-bond acceptors (Lipinski definition) is 4. The number of fused-ring (bicyclic) bond motifs is 1. The standard InChI is InChI=1S/C10H9N5O/c16-9-6-15-8(5-12-9)13-10(14-15)7-3-1-2-4-11-7/h1-4H,5-6H2,(H,12,16). The number of hydrogen-bond donors (Lipinski definition) is 1. The quantitative estimate of drug-likeness (QED) is 0.725. The highest BCUT2D eigenvalue weighted by Gasteiger charge is 2.19. The molecule has 0 bridgehead atoms. The molecule has 0 spiro atoms. The molecular weight excluding hydrogens is 206 g/mol. The Labute approximate surface area is 91.3 Å². The van der Waals surface area contributed by atoms with Crippen molar-refractivity contribution in [3.05, 3.63) is 30.2 Å². The van der Waals surface area contributed by atoms with Crippen LogP contribution in [0.15, 0.2) is 24.4 Å². The Hall–Kier alpha value is -2.24. The molecule has 0 saturated heterocycles. The average molecular weight is 215 g/mol. The molecule has 0 aromatic carbocycles. The average Bonchev–Trinajstić information content (AvgIpc) is 2.73. The number of rotatable bonds is 1. The second-order valence-corrected chi connectivity index (χ2v) is 3.50. The van der Waals surface area contributed by atoms with Crippen LogP contribution in [-0.4, -0.2) is 25.7 Å². The molecule has 2 aromatic heterocycles. The third kappa shape index (κ3) is 1.44. The minimum Gasteiger partial charge on any atom is -0.347 e. The van der Waals surface area contributed by atoms with Crippen molar-refractivity contribution in [2.24, 2.45) is 0 Å². The van der Waals surface area contributed by atoms with E-state index in [2.05, 4.69) is 20.4 Å². The molecule has 0 radical (unpaired) electrons. The Morgan fingerprint density at radius 3 is 3.12 bits per heavy atom. The zero-order chi connectivity index (χ0) is 11.0. The van der Waals surface area contributed by atoms with Gasteiger partial charge in [-0.3, -0.25) is 9.78 Å². The number of carbonyl (C=O) groups is 1. The topological polar surface area (TPSA) is 72.7 Å². The lowest BCUT2D eigenvalue weighted by atomic mass is 10.3. The van der Waals surface area contributed by atoms with Gasteiger partial charge in [-0.25, -0.2) is 9.67 Å². The summed E-state index contributed by atoms with van der Waals surface area (Å²) in [4.78, 5) is 19.7. The minimum atomic E-state index is -0.0371. The maximum absolute atomic E-state index is 11.2. The van der Waals surface area contributed by atoms with Crippen LogP contribution < -0.4 is 5.32 Å². The molecule has 1 amide bonds. The largest absolute Gasteiger partial charge is 0.347 e. The summed E-state index contributed by atoms with van der Waals surface area (Å²) in [6.45, 7) is 0.661. The SMILES string of the molecule is O=C1Cn2nc(-c3ccccn3)nc2CN1. The van der Waals surface area contributed by atoms with Gasteiger partial charge in [0, 0.05) is 6.20 Å². The summed E-state index contributed by atoms with van der Waals surface area (Å²) >= 11 is 0.